The molecule has 3 rings (SSSR count). The maximum Gasteiger partial charge on any atom is 0.0291 e. The normalized spacial score (nSPS) is 31.9. The van der Waals surface area contributed by atoms with Gasteiger partial charge < -0.3 is 5.32 Å². The lowest BCUT2D eigenvalue weighted by atomic mass is 9.93. The second-order valence-corrected chi connectivity index (χ2v) is 5.58. The monoisotopic (exact) mass is 227 g/mol. The Balaban J connectivity index is 1.53. The highest BCUT2D eigenvalue weighted by atomic mass is 14.9. The predicted molar refractivity (Wildman–Crippen MR) is 71.7 cm³/mol. The molecule has 17 heavy (non-hydrogen) atoms. The zero-order chi connectivity index (χ0) is 11.7. The van der Waals surface area contributed by atoms with Crippen molar-refractivity contribution in [3.63, 3.8) is 0 Å². The van der Waals surface area contributed by atoms with Gasteiger partial charge in [0.25, 0.3) is 0 Å². The van der Waals surface area contributed by atoms with E-state index in [9.17, 15) is 0 Å². The molecule has 0 heterocycles. The van der Waals surface area contributed by atoms with Crippen LogP contribution in [-0.4, -0.2) is 6.54 Å². The number of fused-ring (bicyclic) bond motifs is 2. The summed E-state index contributed by atoms with van der Waals surface area (Å²) in [6.45, 7) is 3.43. The molecular formula is C16H21N. The smallest absolute Gasteiger partial charge is 0.0291 e. The molecule has 1 saturated carbocycles. The van der Waals surface area contributed by atoms with Gasteiger partial charge in [0.2, 0.25) is 0 Å². The Labute approximate surface area is 104 Å². The fourth-order valence-electron chi connectivity index (χ4n) is 3.32. The van der Waals surface area contributed by atoms with E-state index < -0.39 is 0 Å². The van der Waals surface area contributed by atoms with Crippen LogP contribution in [0.1, 0.15) is 31.4 Å². The highest BCUT2D eigenvalue weighted by molar-refractivity contribution is 5.18. The first kappa shape index (κ1) is 11.0. The van der Waals surface area contributed by atoms with E-state index in [2.05, 4.69) is 54.7 Å². The lowest BCUT2D eigenvalue weighted by Gasteiger charge is -2.22. The van der Waals surface area contributed by atoms with Crippen molar-refractivity contribution < 1.29 is 0 Å². The largest absolute Gasteiger partial charge is 0.310 e. The molecule has 2 aliphatic carbocycles. The predicted octanol–water partition coefficient (Wildman–Crippen LogP) is 3.55. The lowest BCUT2D eigenvalue weighted by molar-refractivity contribution is 0.393. The number of hydrogen-bond donors (Lipinski definition) is 1. The van der Waals surface area contributed by atoms with E-state index >= 15 is 0 Å². The van der Waals surface area contributed by atoms with E-state index in [0.29, 0.717) is 6.04 Å². The molecule has 0 radical (unpaired) electrons. The molecule has 4 unspecified atom stereocenters. The molecule has 2 aliphatic rings. The number of rotatable bonds is 4. The van der Waals surface area contributed by atoms with Crippen LogP contribution < -0.4 is 5.32 Å². The molecule has 4 atom stereocenters. The second-order valence-electron chi connectivity index (χ2n) is 5.58. The van der Waals surface area contributed by atoms with E-state index in [1.54, 1.807) is 0 Å². The highest BCUT2D eigenvalue weighted by Crippen LogP contribution is 2.43. The molecule has 1 aromatic carbocycles. The van der Waals surface area contributed by atoms with Crippen molar-refractivity contribution in [1.82, 2.24) is 5.32 Å². The Hall–Kier alpha value is -1.08. The summed E-state index contributed by atoms with van der Waals surface area (Å²) in [5.41, 5.74) is 1.39. The first-order chi connectivity index (χ1) is 8.33. The van der Waals surface area contributed by atoms with E-state index in [-0.39, 0.29) is 0 Å². The topological polar surface area (TPSA) is 12.0 Å². The molecule has 1 N–H and O–H groups in total. The van der Waals surface area contributed by atoms with Crippen molar-refractivity contribution in [2.75, 3.05) is 6.54 Å². The minimum atomic E-state index is 0.472. The SMILES string of the molecule is CC(NCC1CC2C=CC1C2)c1ccccc1. The first-order valence-electron chi connectivity index (χ1n) is 6.79. The molecule has 1 aromatic rings. The Kier molecular flexibility index (Phi) is 3.02. The van der Waals surface area contributed by atoms with Crippen LogP contribution in [0.15, 0.2) is 42.5 Å². The van der Waals surface area contributed by atoms with Crippen molar-refractivity contribution in [3.8, 4) is 0 Å². The van der Waals surface area contributed by atoms with Crippen LogP contribution in [0.3, 0.4) is 0 Å². The fourth-order valence-corrected chi connectivity index (χ4v) is 3.32. The van der Waals surface area contributed by atoms with Crippen molar-refractivity contribution in [2.45, 2.75) is 25.8 Å². The summed E-state index contributed by atoms with van der Waals surface area (Å²) >= 11 is 0. The van der Waals surface area contributed by atoms with Crippen LogP contribution in [0.4, 0.5) is 0 Å². The average Bonchev–Trinajstić information content (AvgIpc) is 2.99. The van der Waals surface area contributed by atoms with Crippen LogP contribution in [0.2, 0.25) is 0 Å². The van der Waals surface area contributed by atoms with Gasteiger partial charge in [0.1, 0.15) is 0 Å². The maximum atomic E-state index is 3.69. The van der Waals surface area contributed by atoms with Crippen molar-refractivity contribution in [2.24, 2.45) is 17.8 Å². The summed E-state index contributed by atoms with van der Waals surface area (Å²) in [4.78, 5) is 0. The molecule has 0 aromatic heterocycles. The first-order valence-corrected chi connectivity index (χ1v) is 6.79. The lowest BCUT2D eigenvalue weighted by Crippen LogP contribution is -2.27. The van der Waals surface area contributed by atoms with Gasteiger partial charge in [-0.1, -0.05) is 42.5 Å². The van der Waals surface area contributed by atoms with Crippen LogP contribution in [-0.2, 0) is 0 Å². The number of hydrogen-bond acceptors (Lipinski definition) is 1. The van der Waals surface area contributed by atoms with E-state index in [0.717, 1.165) is 17.8 Å². The van der Waals surface area contributed by atoms with Crippen molar-refractivity contribution in [1.29, 1.82) is 0 Å². The third-order valence-corrected chi connectivity index (χ3v) is 4.40. The Morgan fingerprint density at radius 2 is 2.00 bits per heavy atom. The minimum absolute atomic E-state index is 0.472. The molecule has 0 saturated heterocycles. The summed E-state index contributed by atoms with van der Waals surface area (Å²) in [6.07, 6.45) is 7.66. The molecule has 0 spiro atoms. The molecule has 2 bridgehead atoms. The van der Waals surface area contributed by atoms with Gasteiger partial charge in [0, 0.05) is 6.04 Å². The molecule has 1 fully saturated rings. The van der Waals surface area contributed by atoms with Gasteiger partial charge >= 0.3 is 0 Å². The van der Waals surface area contributed by atoms with Gasteiger partial charge in [-0.25, -0.2) is 0 Å². The van der Waals surface area contributed by atoms with Crippen LogP contribution >= 0.6 is 0 Å². The molecule has 1 heteroatoms. The fraction of sp³-hybridized carbons (Fsp3) is 0.500. The van der Waals surface area contributed by atoms with Gasteiger partial charge in [-0.05, 0) is 49.6 Å². The van der Waals surface area contributed by atoms with Crippen molar-refractivity contribution >= 4 is 0 Å². The summed E-state index contributed by atoms with van der Waals surface area (Å²) in [5, 5.41) is 3.69. The van der Waals surface area contributed by atoms with E-state index in [1.807, 2.05) is 0 Å². The van der Waals surface area contributed by atoms with Crippen molar-refractivity contribution in [3.05, 3.63) is 48.0 Å². The Morgan fingerprint density at radius 3 is 2.65 bits per heavy atom. The third-order valence-electron chi connectivity index (χ3n) is 4.40. The van der Waals surface area contributed by atoms with Gasteiger partial charge in [-0.2, -0.15) is 0 Å². The highest BCUT2D eigenvalue weighted by Gasteiger charge is 2.35. The minimum Gasteiger partial charge on any atom is -0.310 e. The zero-order valence-corrected chi connectivity index (χ0v) is 10.5. The average molecular weight is 227 g/mol. The number of nitrogens with one attached hydrogen (secondary N) is 1. The van der Waals surface area contributed by atoms with Crippen LogP contribution in [0.5, 0.6) is 0 Å². The molecular weight excluding hydrogens is 206 g/mol. The summed E-state index contributed by atoms with van der Waals surface area (Å²) in [6, 6.07) is 11.2. The maximum absolute atomic E-state index is 3.69. The standard InChI is InChI=1S/C16H21N/c1-12(14-5-3-2-4-6-14)17-11-16-10-13-7-8-15(16)9-13/h2-8,12-13,15-17H,9-11H2,1H3. The summed E-state index contributed by atoms with van der Waals surface area (Å²) in [5.74, 6) is 2.62. The number of allylic oxidation sites excluding steroid dienone is 2. The quantitative estimate of drug-likeness (QED) is 0.776. The summed E-state index contributed by atoms with van der Waals surface area (Å²) < 4.78 is 0. The zero-order valence-electron chi connectivity index (χ0n) is 10.5. The number of benzene rings is 1. The van der Waals surface area contributed by atoms with E-state index in [1.165, 1.54) is 24.9 Å². The molecule has 0 amide bonds. The molecule has 90 valence electrons. The van der Waals surface area contributed by atoms with Gasteiger partial charge in [0.05, 0.1) is 0 Å². The summed E-state index contributed by atoms with van der Waals surface area (Å²) in [7, 11) is 0. The Morgan fingerprint density at radius 1 is 1.18 bits per heavy atom. The van der Waals surface area contributed by atoms with E-state index in [4.69, 9.17) is 0 Å². The second kappa shape index (κ2) is 4.66. The Bertz CT molecular complexity index is 395. The van der Waals surface area contributed by atoms with Crippen LogP contribution in [0, 0.1) is 17.8 Å². The van der Waals surface area contributed by atoms with Gasteiger partial charge in [-0.15, -0.1) is 0 Å². The molecule has 0 aliphatic heterocycles. The third kappa shape index (κ3) is 2.30. The molecule has 1 nitrogen and oxygen atoms in total. The van der Waals surface area contributed by atoms with Gasteiger partial charge in [0.15, 0.2) is 0 Å². The van der Waals surface area contributed by atoms with Crippen LogP contribution in [0.25, 0.3) is 0 Å². The van der Waals surface area contributed by atoms with Gasteiger partial charge in [-0.3, -0.25) is 0 Å².